The number of carbonyl (C=O) groups excluding carboxylic acids is 1. The standard InChI is InChI=1S/C19H17NO4/c21-17(16-9-5-2-6-10-16)14-20-19(18(22)23,11-12-24-20)13-15-7-3-1-4-8-15/h1-12H,13-14H2,(H,22,23). The molecule has 2 aromatic rings. The van der Waals surface area contributed by atoms with Crippen molar-refractivity contribution in [3.05, 3.63) is 84.1 Å². The third kappa shape index (κ3) is 3.07. The van der Waals surface area contributed by atoms with Gasteiger partial charge in [0.05, 0.1) is 6.54 Å². The van der Waals surface area contributed by atoms with Gasteiger partial charge in [-0.3, -0.25) is 4.79 Å². The Balaban J connectivity index is 1.84. The van der Waals surface area contributed by atoms with Gasteiger partial charge in [0.2, 0.25) is 0 Å². The molecule has 0 aromatic heterocycles. The van der Waals surface area contributed by atoms with E-state index in [4.69, 9.17) is 4.84 Å². The van der Waals surface area contributed by atoms with E-state index < -0.39 is 11.5 Å². The van der Waals surface area contributed by atoms with E-state index in [1.54, 1.807) is 24.3 Å². The number of nitrogens with zero attached hydrogens (tertiary/aromatic N) is 1. The van der Waals surface area contributed by atoms with E-state index in [-0.39, 0.29) is 18.7 Å². The van der Waals surface area contributed by atoms with Crippen molar-refractivity contribution in [2.24, 2.45) is 0 Å². The molecule has 1 aliphatic heterocycles. The Labute approximate surface area is 139 Å². The van der Waals surface area contributed by atoms with E-state index >= 15 is 0 Å². The molecule has 5 heteroatoms. The van der Waals surface area contributed by atoms with Gasteiger partial charge in [0.15, 0.2) is 11.3 Å². The quantitative estimate of drug-likeness (QED) is 0.828. The van der Waals surface area contributed by atoms with E-state index in [1.807, 2.05) is 36.4 Å². The molecular weight excluding hydrogens is 306 g/mol. The minimum absolute atomic E-state index is 0.143. The molecule has 1 unspecified atom stereocenters. The van der Waals surface area contributed by atoms with Crippen molar-refractivity contribution in [1.82, 2.24) is 5.06 Å². The van der Waals surface area contributed by atoms with Crippen LogP contribution in [0.25, 0.3) is 0 Å². The molecule has 1 aliphatic rings. The molecule has 1 heterocycles. The van der Waals surface area contributed by atoms with Crippen molar-refractivity contribution in [1.29, 1.82) is 0 Å². The molecule has 2 aromatic carbocycles. The van der Waals surface area contributed by atoms with Gasteiger partial charge in [-0.05, 0) is 11.6 Å². The number of rotatable bonds is 6. The van der Waals surface area contributed by atoms with Crippen LogP contribution in [0.4, 0.5) is 0 Å². The molecule has 0 bridgehead atoms. The van der Waals surface area contributed by atoms with Crippen LogP contribution in [0, 0.1) is 0 Å². The van der Waals surface area contributed by atoms with Crippen molar-refractivity contribution < 1.29 is 19.5 Å². The highest BCUT2D eigenvalue weighted by Gasteiger charge is 2.47. The maximum Gasteiger partial charge on any atom is 0.332 e. The van der Waals surface area contributed by atoms with Crippen LogP contribution in [0.2, 0.25) is 0 Å². The second-order valence-corrected chi connectivity index (χ2v) is 5.63. The van der Waals surface area contributed by atoms with Crippen LogP contribution < -0.4 is 0 Å². The number of carbonyl (C=O) groups is 2. The minimum atomic E-state index is -1.40. The van der Waals surface area contributed by atoms with Gasteiger partial charge in [0, 0.05) is 12.0 Å². The summed E-state index contributed by atoms with van der Waals surface area (Å²) >= 11 is 0. The average Bonchev–Trinajstić information content (AvgIpc) is 3.00. The van der Waals surface area contributed by atoms with Crippen LogP contribution in [0.15, 0.2) is 73.0 Å². The van der Waals surface area contributed by atoms with Gasteiger partial charge >= 0.3 is 5.97 Å². The smallest absolute Gasteiger partial charge is 0.332 e. The Hall–Kier alpha value is -2.92. The van der Waals surface area contributed by atoms with E-state index in [1.165, 1.54) is 17.4 Å². The van der Waals surface area contributed by atoms with Crippen molar-refractivity contribution >= 4 is 11.8 Å². The zero-order valence-electron chi connectivity index (χ0n) is 13.0. The largest absolute Gasteiger partial charge is 0.480 e. The maximum absolute atomic E-state index is 12.4. The Morgan fingerprint density at radius 3 is 2.25 bits per heavy atom. The Morgan fingerprint density at radius 1 is 1.00 bits per heavy atom. The Bertz CT molecular complexity index is 757. The highest BCUT2D eigenvalue weighted by molar-refractivity contribution is 5.98. The van der Waals surface area contributed by atoms with Crippen molar-refractivity contribution in [3.8, 4) is 0 Å². The highest BCUT2D eigenvalue weighted by Crippen LogP contribution is 2.29. The first-order valence-electron chi connectivity index (χ1n) is 7.59. The summed E-state index contributed by atoms with van der Waals surface area (Å²) in [5, 5.41) is 11.0. The highest BCUT2D eigenvalue weighted by atomic mass is 16.7. The van der Waals surface area contributed by atoms with Crippen LogP contribution in [0.3, 0.4) is 0 Å². The summed E-state index contributed by atoms with van der Waals surface area (Å²) in [4.78, 5) is 29.7. The van der Waals surface area contributed by atoms with Crippen LogP contribution in [-0.4, -0.2) is 34.0 Å². The van der Waals surface area contributed by atoms with Gasteiger partial charge in [-0.2, -0.15) is 0 Å². The number of aliphatic carboxylic acids is 1. The summed E-state index contributed by atoms with van der Waals surface area (Å²) in [6.45, 7) is -0.143. The lowest BCUT2D eigenvalue weighted by molar-refractivity contribution is -0.175. The normalized spacial score (nSPS) is 19.8. The molecular formula is C19H17NO4. The number of hydrogen-bond acceptors (Lipinski definition) is 4. The van der Waals surface area contributed by atoms with Crippen molar-refractivity contribution in [2.45, 2.75) is 12.0 Å². The Morgan fingerprint density at radius 2 is 1.62 bits per heavy atom. The molecule has 0 aliphatic carbocycles. The van der Waals surface area contributed by atoms with Crippen molar-refractivity contribution in [2.75, 3.05) is 6.54 Å². The first-order valence-corrected chi connectivity index (χ1v) is 7.59. The maximum atomic E-state index is 12.4. The van der Waals surface area contributed by atoms with Gasteiger partial charge in [-0.1, -0.05) is 60.7 Å². The van der Waals surface area contributed by atoms with Gasteiger partial charge in [0.25, 0.3) is 0 Å². The first kappa shape index (κ1) is 16.0. The third-order valence-electron chi connectivity index (χ3n) is 4.05. The number of hydroxylamine groups is 2. The fraction of sp³-hybridized carbons (Fsp3) is 0.158. The number of Topliss-reactive ketones (excluding diaryl/α,β-unsaturated/α-hetero) is 1. The zero-order chi connectivity index (χ0) is 17.0. The lowest BCUT2D eigenvalue weighted by Crippen LogP contribution is -2.53. The SMILES string of the molecule is O=C(CN1OC=CC1(Cc1ccccc1)C(=O)O)c1ccccc1. The molecule has 0 saturated heterocycles. The minimum Gasteiger partial charge on any atom is -0.480 e. The van der Waals surface area contributed by atoms with E-state index in [0.717, 1.165) is 5.56 Å². The molecule has 24 heavy (non-hydrogen) atoms. The fourth-order valence-corrected chi connectivity index (χ4v) is 2.73. The Kier molecular flexibility index (Phi) is 4.44. The molecule has 5 nitrogen and oxygen atoms in total. The average molecular weight is 323 g/mol. The fourth-order valence-electron chi connectivity index (χ4n) is 2.73. The first-order chi connectivity index (χ1) is 11.6. The molecule has 0 amide bonds. The molecule has 0 saturated carbocycles. The molecule has 122 valence electrons. The number of hydrogen-bond donors (Lipinski definition) is 1. The van der Waals surface area contributed by atoms with Gasteiger partial charge in [-0.15, -0.1) is 5.06 Å². The number of ketones is 1. The van der Waals surface area contributed by atoms with Crippen LogP contribution in [-0.2, 0) is 16.1 Å². The van der Waals surface area contributed by atoms with Crippen LogP contribution >= 0.6 is 0 Å². The number of carboxylic acids is 1. The van der Waals surface area contributed by atoms with Gasteiger partial charge in [0.1, 0.15) is 6.26 Å². The summed E-state index contributed by atoms with van der Waals surface area (Å²) < 4.78 is 0. The second-order valence-electron chi connectivity index (χ2n) is 5.63. The van der Waals surface area contributed by atoms with Gasteiger partial charge in [-0.25, -0.2) is 4.79 Å². The van der Waals surface area contributed by atoms with E-state index in [9.17, 15) is 14.7 Å². The molecule has 0 radical (unpaired) electrons. The van der Waals surface area contributed by atoms with E-state index in [2.05, 4.69) is 0 Å². The molecule has 3 rings (SSSR count). The summed E-state index contributed by atoms with van der Waals surface area (Å²) in [6, 6.07) is 18.0. The molecule has 0 fully saturated rings. The molecule has 1 N–H and O–H groups in total. The lowest BCUT2D eigenvalue weighted by atomic mass is 9.90. The summed E-state index contributed by atoms with van der Waals surface area (Å²) in [5.41, 5.74) is -0.0228. The summed E-state index contributed by atoms with van der Waals surface area (Å²) in [7, 11) is 0. The summed E-state index contributed by atoms with van der Waals surface area (Å²) in [5.74, 6) is -1.25. The summed E-state index contributed by atoms with van der Waals surface area (Å²) in [6.07, 6.45) is 3.03. The van der Waals surface area contributed by atoms with E-state index in [0.29, 0.717) is 5.56 Å². The lowest BCUT2D eigenvalue weighted by Gasteiger charge is -2.31. The number of benzene rings is 2. The predicted octanol–water partition coefficient (Wildman–Crippen LogP) is 2.70. The van der Waals surface area contributed by atoms with Crippen molar-refractivity contribution in [3.63, 3.8) is 0 Å². The topological polar surface area (TPSA) is 66.8 Å². The molecule has 1 atom stereocenters. The number of carboxylic acid groups (broad SMARTS) is 1. The monoisotopic (exact) mass is 323 g/mol. The third-order valence-corrected chi connectivity index (χ3v) is 4.05. The van der Waals surface area contributed by atoms with Crippen LogP contribution in [0.1, 0.15) is 15.9 Å². The predicted molar refractivity (Wildman–Crippen MR) is 88.2 cm³/mol. The second kappa shape index (κ2) is 6.68. The molecule has 0 spiro atoms. The van der Waals surface area contributed by atoms with Gasteiger partial charge < -0.3 is 9.94 Å². The van der Waals surface area contributed by atoms with Crippen LogP contribution in [0.5, 0.6) is 0 Å². The zero-order valence-corrected chi connectivity index (χ0v) is 13.0.